The number of aliphatic imine (C=N–C) groups is 1. The molecule has 1 aliphatic heterocycles. The van der Waals surface area contributed by atoms with E-state index in [9.17, 15) is 0 Å². The number of rotatable bonds is 8. The van der Waals surface area contributed by atoms with E-state index < -0.39 is 0 Å². The van der Waals surface area contributed by atoms with Gasteiger partial charge < -0.3 is 19.7 Å². The monoisotopic (exact) mass is 347 g/mol. The van der Waals surface area contributed by atoms with E-state index in [2.05, 4.69) is 41.2 Å². The second-order valence-electron chi connectivity index (χ2n) is 7.00. The third-order valence-electron chi connectivity index (χ3n) is 4.49. The van der Waals surface area contributed by atoms with Crippen molar-refractivity contribution in [3.63, 3.8) is 0 Å². The van der Waals surface area contributed by atoms with Crippen molar-refractivity contribution in [3.8, 4) is 5.75 Å². The molecule has 1 aromatic carbocycles. The molecule has 0 radical (unpaired) electrons. The van der Waals surface area contributed by atoms with Crippen LogP contribution in [-0.2, 0) is 4.74 Å². The van der Waals surface area contributed by atoms with Crippen LogP contribution >= 0.6 is 0 Å². The van der Waals surface area contributed by atoms with Gasteiger partial charge in [-0.1, -0.05) is 26.0 Å². The summed E-state index contributed by atoms with van der Waals surface area (Å²) < 4.78 is 10.9. The SMILES string of the molecule is CN=C(NCCCOCC(C)C)N1CCC(c2ccc(OC)cc2)C1. The highest BCUT2D eigenvalue weighted by Gasteiger charge is 2.25. The Morgan fingerprint density at radius 3 is 2.72 bits per heavy atom. The predicted molar refractivity (Wildman–Crippen MR) is 104 cm³/mol. The van der Waals surface area contributed by atoms with Crippen LogP contribution in [0.15, 0.2) is 29.3 Å². The Morgan fingerprint density at radius 2 is 2.08 bits per heavy atom. The summed E-state index contributed by atoms with van der Waals surface area (Å²) in [5.41, 5.74) is 1.38. The van der Waals surface area contributed by atoms with Crippen LogP contribution in [0.1, 0.15) is 38.2 Å². The molecule has 1 N–H and O–H groups in total. The summed E-state index contributed by atoms with van der Waals surface area (Å²) in [6.07, 6.45) is 2.16. The van der Waals surface area contributed by atoms with Gasteiger partial charge in [-0.05, 0) is 36.5 Å². The Kier molecular flexibility index (Phi) is 8.06. The zero-order chi connectivity index (χ0) is 18.1. The first-order chi connectivity index (χ1) is 12.1. The number of guanidine groups is 1. The molecule has 0 amide bonds. The van der Waals surface area contributed by atoms with E-state index in [1.54, 1.807) is 7.11 Å². The zero-order valence-electron chi connectivity index (χ0n) is 16.1. The van der Waals surface area contributed by atoms with Crippen LogP contribution in [0.2, 0.25) is 0 Å². The number of hydrogen-bond acceptors (Lipinski definition) is 3. The first kappa shape index (κ1) is 19.6. The molecule has 1 atom stereocenters. The van der Waals surface area contributed by atoms with Crippen molar-refractivity contribution in [1.82, 2.24) is 10.2 Å². The molecule has 5 heteroatoms. The number of hydrogen-bond donors (Lipinski definition) is 1. The number of nitrogens with zero attached hydrogens (tertiary/aromatic N) is 2. The summed E-state index contributed by atoms with van der Waals surface area (Å²) in [6, 6.07) is 8.44. The number of benzene rings is 1. The highest BCUT2D eigenvalue weighted by Crippen LogP contribution is 2.28. The summed E-state index contributed by atoms with van der Waals surface area (Å²) in [4.78, 5) is 6.79. The van der Waals surface area contributed by atoms with Crippen molar-refractivity contribution in [3.05, 3.63) is 29.8 Å². The second kappa shape index (κ2) is 10.3. The lowest BCUT2D eigenvalue weighted by atomic mass is 9.98. The molecule has 0 aromatic heterocycles. The lowest BCUT2D eigenvalue weighted by Gasteiger charge is -2.22. The molecule has 0 spiro atoms. The number of methoxy groups -OCH3 is 1. The molecule has 0 saturated carbocycles. The van der Waals surface area contributed by atoms with Crippen LogP contribution in [-0.4, -0.2) is 57.9 Å². The first-order valence-corrected chi connectivity index (χ1v) is 9.31. The lowest BCUT2D eigenvalue weighted by molar-refractivity contribution is 0.108. The van der Waals surface area contributed by atoms with Crippen LogP contribution in [0, 0.1) is 5.92 Å². The molecule has 0 aliphatic carbocycles. The molecule has 0 bridgehead atoms. The Balaban J connectivity index is 1.74. The maximum absolute atomic E-state index is 5.63. The number of ether oxygens (including phenoxy) is 2. The molecule has 1 unspecified atom stereocenters. The third kappa shape index (κ3) is 6.24. The van der Waals surface area contributed by atoms with Gasteiger partial charge in [-0.3, -0.25) is 4.99 Å². The minimum absolute atomic E-state index is 0.554. The van der Waals surface area contributed by atoms with E-state index >= 15 is 0 Å². The standard InChI is InChI=1S/C20H33N3O2/c1-16(2)15-25-13-5-11-22-20(21-3)23-12-10-18(14-23)17-6-8-19(24-4)9-7-17/h6-9,16,18H,5,10-15H2,1-4H3,(H,21,22). The Morgan fingerprint density at radius 1 is 1.32 bits per heavy atom. The molecule has 1 fully saturated rings. The van der Waals surface area contributed by atoms with Crippen molar-refractivity contribution in [1.29, 1.82) is 0 Å². The minimum atomic E-state index is 0.554. The van der Waals surface area contributed by atoms with Gasteiger partial charge in [0.15, 0.2) is 5.96 Å². The van der Waals surface area contributed by atoms with Gasteiger partial charge in [-0.25, -0.2) is 0 Å². The summed E-state index contributed by atoms with van der Waals surface area (Å²) in [6.45, 7) is 8.94. The van der Waals surface area contributed by atoms with Gasteiger partial charge in [0.1, 0.15) is 5.75 Å². The van der Waals surface area contributed by atoms with E-state index in [1.165, 1.54) is 5.56 Å². The van der Waals surface area contributed by atoms with E-state index in [0.29, 0.717) is 11.8 Å². The van der Waals surface area contributed by atoms with E-state index in [-0.39, 0.29) is 0 Å². The van der Waals surface area contributed by atoms with E-state index in [0.717, 1.165) is 57.4 Å². The molecule has 25 heavy (non-hydrogen) atoms. The molecule has 5 nitrogen and oxygen atoms in total. The van der Waals surface area contributed by atoms with Crippen LogP contribution < -0.4 is 10.1 Å². The molecular weight excluding hydrogens is 314 g/mol. The van der Waals surface area contributed by atoms with Crippen molar-refractivity contribution < 1.29 is 9.47 Å². The molecule has 1 saturated heterocycles. The van der Waals surface area contributed by atoms with Gasteiger partial charge in [-0.2, -0.15) is 0 Å². The van der Waals surface area contributed by atoms with Crippen LogP contribution in [0.3, 0.4) is 0 Å². The van der Waals surface area contributed by atoms with Crippen LogP contribution in [0.4, 0.5) is 0 Å². The van der Waals surface area contributed by atoms with Gasteiger partial charge in [0.05, 0.1) is 7.11 Å². The molecular formula is C20H33N3O2. The minimum Gasteiger partial charge on any atom is -0.497 e. The Hall–Kier alpha value is -1.75. The van der Waals surface area contributed by atoms with Crippen LogP contribution in [0.5, 0.6) is 5.75 Å². The van der Waals surface area contributed by atoms with Crippen LogP contribution in [0.25, 0.3) is 0 Å². The first-order valence-electron chi connectivity index (χ1n) is 9.31. The fraction of sp³-hybridized carbons (Fsp3) is 0.650. The molecule has 2 rings (SSSR count). The van der Waals surface area contributed by atoms with E-state index in [1.807, 2.05) is 19.2 Å². The number of nitrogens with one attached hydrogen (secondary N) is 1. The Bertz CT molecular complexity index is 528. The summed E-state index contributed by atoms with van der Waals surface area (Å²) in [5, 5.41) is 3.47. The van der Waals surface area contributed by atoms with Crippen molar-refractivity contribution in [2.45, 2.75) is 32.6 Å². The average Bonchev–Trinajstić information content (AvgIpc) is 3.11. The van der Waals surface area contributed by atoms with Gasteiger partial charge in [0.2, 0.25) is 0 Å². The fourth-order valence-corrected chi connectivity index (χ4v) is 3.13. The maximum atomic E-state index is 5.63. The largest absolute Gasteiger partial charge is 0.497 e. The molecule has 1 aromatic rings. The van der Waals surface area contributed by atoms with Crippen molar-refractivity contribution >= 4 is 5.96 Å². The smallest absolute Gasteiger partial charge is 0.193 e. The lowest BCUT2D eigenvalue weighted by Crippen LogP contribution is -2.40. The molecule has 140 valence electrons. The van der Waals surface area contributed by atoms with Gasteiger partial charge >= 0.3 is 0 Å². The normalized spacial score (nSPS) is 18.0. The number of likely N-dealkylation sites (tertiary alicyclic amines) is 1. The molecule has 1 heterocycles. The van der Waals surface area contributed by atoms with Crippen molar-refractivity contribution in [2.24, 2.45) is 10.9 Å². The second-order valence-corrected chi connectivity index (χ2v) is 7.00. The highest BCUT2D eigenvalue weighted by molar-refractivity contribution is 5.80. The summed E-state index contributed by atoms with van der Waals surface area (Å²) >= 11 is 0. The molecule has 1 aliphatic rings. The summed E-state index contributed by atoms with van der Waals surface area (Å²) in [5.74, 6) is 3.06. The zero-order valence-corrected chi connectivity index (χ0v) is 16.1. The highest BCUT2D eigenvalue weighted by atomic mass is 16.5. The van der Waals surface area contributed by atoms with E-state index in [4.69, 9.17) is 9.47 Å². The van der Waals surface area contributed by atoms with Gasteiger partial charge in [0, 0.05) is 45.8 Å². The maximum Gasteiger partial charge on any atom is 0.193 e. The predicted octanol–water partition coefficient (Wildman–Crippen LogP) is 3.12. The third-order valence-corrected chi connectivity index (χ3v) is 4.49. The van der Waals surface area contributed by atoms with Gasteiger partial charge in [-0.15, -0.1) is 0 Å². The summed E-state index contributed by atoms with van der Waals surface area (Å²) in [7, 11) is 3.56. The fourth-order valence-electron chi connectivity index (χ4n) is 3.13. The topological polar surface area (TPSA) is 46.1 Å². The van der Waals surface area contributed by atoms with Crippen molar-refractivity contribution in [2.75, 3.05) is 47.0 Å². The van der Waals surface area contributed by atoms with Gasteiger partial charge in [0.25, 0.3) is 0 Å². The average molecular weight is 348 g/mol. The quantitative estimate of drug-likeness (QED) is 0.446. The Labute approximate surface area is 152 Å².